The monoisotopic (exact) mass is 167 g/mol. The van der Waals surface area contributed by atoms with Gasteiger partial charge in [-0.05, 0) is 12.1 Å². The minimum absolute atomic E-state index is 0.490. The molecular weight excluding hydrogens is 160 g/mol. The molecule has 0 unspecified atom stereocenters. The maximum Gasteiger partial charge on any atom is 0.127 e. The molecule has 1 nitrogen and oxygen atoms in total. The first-order chi connectivity index (χ1) is 5.43. The molecule has 0 amide bonds. The van der Waals surface area contributed by atoms with Crippen LogP contribution >= 0.6 is 11.6 Å². The van der Waals surface area contributed by atoms with Gasteiger partial charge in [0.2, 0.25) is 0 Å². The Morgan fingerprint density at radius 2 is 2.45 bits per heavy atom. The van der Waals surface area contributed by atoms with Crippen LogP contribution in [0.5, 0.6) is 5.75 Å². The Bertz CT molecular complexity index is 218. The summed E-state index contributed by atoms with van der Waals surface area (Å²) in [6.45, 7) is 0.490. The number of halogens is 1. The van der Waals surface area contributed by atoms with Crippen molar-refractivity contribution in [3.05, 3.63) is 41.9 Å². The number of hydrogen-bond donors (Lipinski definition) is 0. The Labute approximate surface area is 71.3 Å². The van der Waals surface area contributed by atoms with E-state index in [1.807, 2.05) is 18.2 Å². The minimum atomic E-state index is 0.490. The summed E-state index contributed by atoms with van der Waals surface area (Å²) >= 11 is 5.30. The zero-order chi connectivity index (χ0) is 7.94. The Hall–Kier alpha value is -0.950. The SMILES string of the molecule is ClC=CCOc1[c]cccc1. The van der Waals surface area contributed by atoms with Crippen molar-refractivity contribution in [3.8, 4) is 5.75 Å². The van der Waals surface area contributed by atoms with Crippen molar-refractivity contribution >= 4 is 11.6 Å². The van der Waals surface area contributed by atoms with Crippen molar-refractivity contribution < 1.29 is 4.74 Å². The fourth-order valence-electron chi connectivity index (χ4n) is 0.641. The van der Waals surface area contributed by atoms with Gasteiger partial charge in [0.15, 0.2) is 0 Å². The summed E-state index contributed by atoms with van der Waals surface area (Å²) in [6, 6.07) is 10.4. The van der Waals surface area contributed by atoms with Gasteiger partial charge >= 0.3 is 0 Å². The first-order valence-corrected chi connectivity index (χ1v) is 3.72. The number of para-hydroxylation sites is 1. The zero-order valence-corrected chi connectivity index (χ0v) is 6.71. The van der Waals surface area contributed by atoms with Crippen LogP contribution in [0.2, 0.25) is 0 Å². The Kier molecular flexibility index (Phi) is 3.56. The standard InChI is InChI=1S/C9H8ClO/c10-7-4-8-11-9-5-2-1-3-6-9/h1-5,7H,8H2. The van der Waals surface area contributed by atoms with E-state index in [0.717, 1.165) is 5.75 Å². The van der Waals surface area contributed by atoms with E-state index in [2.05, 4.69) is 6.07 Å². The largest absolute Gasteiger partial charge is 0.489 e. The molecule has 2 heteroatoms. The molecule has 0 fully saturated rings. The number of hydrogen-bond acceptors (Lipinski definition) is 1. The molecule has 0 saturated carbocycles. The molecular formula is C9H8ClO. The van der Waals surface area contributed by atoms with Gasteiger partial charge in [-0.25, -0.2) is 0 Å². The highest BCUT2D eigenvalue weighted by atomic mass is 35.5. The second-order valence-electron chi connectivity index (χ2n) is 1.90. The van der Waals surface area contributed by atoms with E-state index in [9.17, 15) is 0 Å². The Morgan fingerprint density at radius 3 is 3.09 bits per heavy atom. The molecule has 0 N–H and O–H groups in total. The highest BCUT2D eigenvalue weighted by Crippen LogP contribution is 2.06. The van der Waals surface area contributed by atoms with Crippen LogP contribution in [0.1, 0.15) is 0 Å². The lowest BCUT2D eigenvalue weighted by Gasteiger charge is -1.99. The summed E-state index contributed by atoms with van der Waals surface area (Å²) in [5, 5.41) is 0. The van der Waals surface area contributed by atoms with Crippen LogP contribution in [-0.4, -0.2) is 6.61 Å². The minimum Gasteiger partial charge on any atom is -0.489 e. The van der Waals surface area contributed by atoms with Crippen LogP contribution in [0.25, 0.3) is 0 Å². The predicted molar refractivity (Wildman–Crippen MR) is 45.8 cm³/mol. The van der Waals surface area contributed by atoms with Crippen LogP contribution in [-0.2, 0) is 0 Å². The van der Waals surface area contributed by atoms with Crippen LogP contribution in [0.3, 0.4) is 0 Å². The summed E-state index contributed by atoms with van der Waals surface area (Å²) in [4.78, 5) is 0. The quantitative estimate of drug-likeness (QED) is 0.673. The molecule has 0 atom stereocenters. The molecule has 0 saturated heterocycles. The summed E-state index contributed by atoms with van der Waals surface area (Å²) in [6.07, 6.45) is 1.72. The average molecular weight is 168 g/mol. The third-order valence-electron chi connectivity index (χ3n) is 1.10. The van der Waals surface area contributed by atoms with Gasteiger partial charge in [0.25, 0.3) is 0 Å². The number of benzene rings is 1. The first kappa shape index (κ1) is 8.15. The molecule has 0 spiro atoms. The summed E-state index contributed by atoms with van der Waals surface area (Å²) in [5.41, 5.74) is 1.43. The lowest BCUT2D eigenvalue weighted by molar-refractivity contribution is 0.362. The third kappa shape index (κ3) is 3.10. The molecule has 1 aromatic rings. The molecule has 1 radical (unpaired) electrons. The number of ether oxygens (including phenoxy) is 1. The molecule has 0 bridgehead atoms. The van der Waals surface area contributed by atoms with Crippen molar-refractivity contribution in [2.24, 2.45) is 0 Å². The van der Waals surface area contributed by atoms with Crippen molar-refractivity contribution in [1.29, 1.82) is 0 Å². The number of rotatable bonds is 3. The van der Waals surface area contributed by atoms with Gasteiger partial charge in [0.05, 0.1) is 0 Å². The Balaban J connectivity index is 2.39. The molecule has 11 heavy (non-hydrogen) atoms. The topological polar surface area (TPSA) is 9.23 Å². The lowest BCUT2D eigenvalue weighted by Crippen LogP contribution is -1.91. The molecule has 0 heterocycles. The average Bonchev–Trinajstić information content (AvgIpc) is 2.07. The van der Waals surface area contributed by atoms with E-state index in [1.165, 1.54) is 5.54 Å². The summed E-state index contributed by atoms with van der Waals surface area (Å²) in [7, 11) is 0. The summed E-state index contributed by atoms with van der Waals surface area (Å²) in [5.74, 6) is 0.738. The van der Waals surface area contributed by atoms with Crippen LogP contribution in [0.4, 0.5) is 0 Å². The van der Waals surface area contributed by atoms with E-state index in [4.69, 9.17) is 16.3 Å². The van der Waals surface area contributed by atoms with E-state index in [0.29, 0.717) is 6.61 Å². The fraction of sp³-hybridized carbons (Fsp3) is 0.111. The van der Waals surface area contributed by atoms with Crippen LogP contribution in [0.15, 0.2) is 35.9 Å². The van der Waals surface area contributed by atoms with E-state index < -0.39 is 0 Å². The van der Waals surface area contributed by atoms with E-state index in [1.54, 1.807) is 12.1 Å². The molecule has 1 rings (SSSR count). The van der Waals surface area contributed by atoms with Gasteiger partial charge in [-0.1, -0.05) is 29.8 Å². The molecule has 0 aliphatic rings. The molecule has 57 valence electrons. The highest BCUT2D eigenvalue weighted by Gasteiger charge is 1.86. The second-order valence-corrected chi connectivity index (χ2v) is 2.15. The van der Waals surface area contributed by atoms with Crippen LogP contribution in [0, 0.1) is 6.07 Å². The zero-order valence-electron chi connectivity index (χ0n) is 5.96. The molecule has 0 aliphatic heterocycles. The summed E-state index contributed by atoms with van der Waals surface area (Å²) < 4.78 is 5.22. The molecule has 0 aromatic heterocycles. The van der Waals surface area contributed by atoms with Crippen molar-refractivity contribution in [3.63, 3.8) is 0 Å². The van der Waals surface area contributed by atoms with Gasteiger partial charge in [-0.3, -0.25) is 0 Å². The van der Waals surface area contributed by atoms with Gasteiger partial charge in [0.1, 0.15) is 12.4 Å². The maximum absolute atomic E-state index is 5.30. The van der Waals surface area contributed by atoms with Gasteiger partial charge in [-0.2, -0.15) is 0 Å². The van der Waals surface area contributed by atoms with Crippen molar-refractivity contribution in [1.82, 2.24) is 0 Å². The highest BCUT2D eigenvalue weighted by molar-refractivity contribution is 6.25. The van der Waals surface area contributed by atoms with Crippen molar-refractivity contribution in [2.45, 2.75) is 0 Å². The maximum atomic E-state index is 5.30. The van der Waals surface area contributed by atoms with Crippen LogP contribution < -0.4 is 4.74 Å². The van der Waals surface area contributed by atoms with E-state index >= 15 is 0 Å². The van der Waals surface area contributed by atoms with Gasteiger partial charge < -0.3 is 4.74 Å². The van der Waals surface area contributed by atoms with Gasteiger partial charge in [-0.15, -0.1) is 0 Å². The smallest absolute Gasteiger partial charge is 0.127 e. The first-order valence-electron chi connectivity index (χ1n) is 3.28. The second kappa shape index (κ2) is 4.80. The lowest BCUT2D eigenvalue weighted by atomic mass is 10.3. The Morgan fingerprint density at radius 1 is 1.55 bits per heavy atom. The van der Waals surface area contributed by atoms with Crippen molar-refractivity contribution in [2.75, 3.05) is 6.61 Å². The predicted octanol–water partition coefficient (Wildman–Crippen LogP) is 2.62. The fourth-order valence-corrected chi connectivity index (χ4v) is 0.714. The van der Waals surface area contributed by atoms with E-state index in [-0.39, 0.29) is 0 Å². The third-order valence-corrected chi connectivity index (χ3v) is 1.28. The van der Waals surface area contributed by atoms with Gasteiger partial charge in [0, 0.05) is 11.6 Å². The molecule has 1 aromatic carbocycles. The molecule has 0 aliphatic carbocycles. The normalized spacial score (nSPS) is 10.3.